The first-order valence-electron chi connectivity index (χ1n) is 11.3. The highest BCUT2D eigenvalue weighted by Gasteiger charge is 2.32. The molecule has 0 aliphatic carbocycles. The first-order chi connectivity index (χ1) is 15.4. The van der Waals surface area contributed by atoms with E-state index in [2.05, 4.69) is 52.2 Å². The minimum absolute atomic E-state index is 0.127. The zero-order valence-corrected chi connectivity index (χ0v) is 18.6. The smallest absolute Gasteiger partial charge is 0.287 e. The molecule has 2 aliphatic rings. The molecule has 0 spiro atoms. The molecule has 3 heterocycles. The third-order valence-electron chi connectivity index (χ3n) is 6.48. The first kappa shape index (κ1) is 20.9. The number of aromatic amines is 1. The second kappa shape index (κ2) is 8.20. The van der Waals surface area contributed by atoms with Gasteiger partial charge in [0.2, 0.25) is 0 Å². The summed E-state index contributed by atoms with van der Waals surface area (Å²) in [5, 5.41) is 2.99. The maximum absolute atomic E-state index is 13.3. The Balaban J connectivity index is 1.12. The Morgan fingerprint density at radius 1 is 1.28 bits per heavy atom. The average molecular weight is 437 g/mol. The number of rotatable bonds is 5. The molecule has 1 aromatic heterocycles. The van der Waals surface area contributed by atoms with Gasteiger partial charge < -0.3 is 15.0 Å². The van der Waals surface area contributed by atoms with Crippen LogP contribution in [0.3, 0.4) is 0 Å². The van der Waals surface area contributed by atoms with Gasteiger partial charge in [-0.05, 0) is 69.5 Å². The summed E-state index contributed by atoms with van der Waals surface area (Å²) in [6, 6.07) is 10.7. The molecule has 0 unspecified atom stereocenters. The number of ether oxygens (including phenoxy) is 1. The van der Waals surface area contributed by atoms with E-state index in [0.29, 0.717) is 23.5 Å². The normalized spacial score (nSPS) is 18.5. The molecule has 2 N–H and O–H groups in total. The summed E-state index contributed by atoms with van der Waals surface area (Å²) in [7, 11) is 0. The standard InChI is InChI=1S/C25H29FN4O2/c1-25(2)13-17-4-3-5-18(22(17)32-25)15-30-10-8-16(9-11-30)14-27-24(31)23-28-20-7-6-19(26)12-21(20)29-23/h3-7,12,16H,8-11,13-15H2,1-2H3,(H,27,31)(H,28,29). The lowest BCUT2D eigenvalue weighted by atomic mass is 9.96. The van der Waals surface area contributed by atoms with E-state index in [4.69, 9.17) is 4.74 Å². The number of fused-ring (bicyclic) bond motifs is 2. The summed E-state index contributed by atoms with van der Waals surface area (Å²) in [4.78, 5) is 22.1. The lowest BCUT2D eigenvalue weighted by Gasteiger charge is -2.32. The molecular formula is C25H29FN4O2. The van der Waals surface area contributed by atoms with Crippen molar-refractivity contribution in [3.63, 3.8) is 0 Å². The van der Waals surface area contributed by atoms with Gasteiger partial charge in [0, 0.05) is 25.1 Å². The predicted molar refractivity (Wildman–Crippen MR) is 121 cm³/mol. The van der Waals surface area contributed by atoms with Crippen molar-refractivity contribution >= 4 is 16.9 Å². The molecule has 0 bridgehead atoms. The highest BCUT2D eigenvalue weighted by molar-refractivity contribution is 5.94. The molecule has 2 aromatic carbocycles. The first-order valence-corrected chi connectivity index (χ1v) is 11.3. The average Bonchev–Trinajstić information content (AvgIpc) is 3.32. The molecule has 0 atom stereocenters. The number of amides is 1. The quantitative estimate of drug-likeness (QED) is 0.633. The fourth-order valence-electron chi connectivity index (χ4n) is 4.80. The van der Waals surface area contributed by atoms with Crippen molar-refractivity contribution < 1.29 is 13.9 Å². The zero-order valence-electron chi connectivity index (χ0n) is 18.6. The van der Waals surface area contributed by atoms with Crippen molar-refractivity contribution in [3.8, 4) is 5.75 Å². The maximum Gasteiger partial charge on any atom is 0.287 e. The van der Waals surface area contributed by atoms with Gasteiger partial charge >= 0.3 is 0 Å². The van der Waals surface area contributed by atoms with Crippen LogP contribution in [0.25, 0.3) is 11.0 Å². The van der Waals surface area contributed by atoms with E-state index in [1.54, 1.807) is 6.07 Å². The van der Waals surface area contributed by atoms with E-state index >= 15 is 0 Å². The van der Waals surface area contributed by atoms with Crippen LogP contribution in [0.1, 0.15) is 48.4 Å². The van der Waals surface area contributed by atoms with E-state index in [-0.39, 0.29) is 23.1 Å². The fraction of sp³-hybridized carbons (Fsp3) is 0.440. The summed E-state index contributed by atoms with van der Waals surface area (Å²) in [5.41, 5.74) is 3.56. The van der Waals surface area contributed by atoms with Gasteiger partial charge in [-0.2, -0.15) is 0 Å². The van der Waals surface area contributed by atoms with Crippen LogP contribution >= 0.6 is 0 Å². The molecule has 32 heavy (non-hydrogen) atoms. The van der Waals surface area contributed by atoms with Crippen LogP contribution in [0.2, 0.25) is 0 Å². The number of halogens is 1. The molecule has 5 rings (SSSR count). The lowest BCUT2D eigenvalue weighted by molar-refractivity contribution is 0.0925. The predicted octanol–water partition coefficient (Wildman–Crippen LogP) is 4.06. The molecule has 0 saturated carbocycles. The Morgan fingerprint density at radius 2 is 2.09 bits per heavy atom. The van der Waals surface area contributed by atoms with Gasteiger partial charge in [-0.1, -0.05) is 18.2 Å². The third-order valence-corrected chi connectivity index (χ3v) is 6.48. The molecule has 0 radical (unpaired) electrons. The van der Waals surface area contributed by atoms with Crippen LogP contribution < -0.4 is 10.1 Å². The van der Waals surface area contributed by atoms with Crippen molar-refractivity contribution in [2.45, 2.75) is 45.3 Å². The Bertz CT molecular complexity index is 1150. The number of aromatic nitrogens is 2. The van der Waals surface area contributed by atoms with E-state index in [1.165, 1.54) is 23.3 Å². The Kier molecular flexibility index (Phi) is 5.37. The maximum atomic E-state index is 13.3. The lowest BCUT2D eigenvalue weighted by Crippen LogP contribution is -2.38. The number of likely N-dealkylation sites (tertiary alicyclic amines) is 1. The molecule has 7 heteroatoms. The zero-order chi connectivity index (χ0) is 22.3. The van der Waals surface area contributed by atoms with Crippen molar-refractivity contribution in [2.75, 3.05) is 19.6 Å². The molecule has 3 aromatic rings. The number of H-pyrrole nitrogens is 1. The van der Waals surface area contributed by atoms with Crippen LogP contribution in [0.4, 0.5) is 4.39 Å². The summed E-state index contributed by atoms with van der Waals surface area (Å²) in [5.74, 6) is 1.13. The molecule has 1 fully saturated rings. The van der Waals surface area contributed by atoms with Crippen molar-refractivity contribution in [3.05, 3.63) is 59.2 Å². The number of hydrogen-bond acceptors (Lipinski definition) is 4. The van der Waals surface area contributed by atoms with Gasteiger partial charge in [-0.25, -0.2) is 9.37 Å². The highest BCUT2D eigenvalue weighted by Crippen LogP contribution is 2.38. The van der Waals surface area contributed by atoms with Gasteiger partial charge in [-0.15, -0.1) is 0 Å². The molecule has 1 saturated heterocycles. The second-order valence-corrected chi connectivity index (χ2v) is 9.62. The van der Waals surface area contributed by atoms with Gasteiger partial charge in [0.1, 0.15) is 17.2 Å². The number of carbonyl (C=O) groups is 1. The third kappa shape index (κ3) is 4.35. The van der Waals surface area contributed by atoms with E-state index in [1.807, 2.05) is 0 Å². The van der Waals surface area contributed by atoms with Gasteiger partial charge in [0.25, 0.3) is 5.91 Å². The van der Waals surface area contributed by atoms with Crippen LogP contribution in [0.15, 0.2) is 36.4 Å². The largest absolute Gasteiger partial charge is 0.487 e. The minimum Gasteiger partial charge on any atom is -0.487 e. The summed E-state index contributed by atoms with van der Waals surface area (Å²) in [6.45, 7) is 7.79. The monoisotopic (exact) mass is 436 g/mol. The van der Waals surface area contributed by atoms with E-state index in [9.17, 15) is 9.18 Å². The van der Waals surface area contributed by atoms with Gasteiger partial charge in [-0.3, -0.25) is 9.69 Å². The van der Waals surface area contributed by atoms with Crippen LogP contribution in [-0.2, 0) is 13.0 Å². The Morgan fingerprint density at radius 3 is 2.91 bits per heavy atom. The minimum atomic E-state index is -0.351. The van der Waals surface area contributed by atoms with Crippen LogP contribution in [-0.4, -0.2) is 46.0 Å². The van der Waals surface area contributed by atoms with Crippen molar-refractivity contribution in [1.82, 2.24) is 20.2 Å². The highest BCUT2D eigenvalue weighted by atomic mass is 19.1. The second-order valence-electron chi connectivity index (χ2n) is 9.62. The van der Waals surface area contributed by atoms with E-state index < -0.39 is 0 Å². The fourth-order valence-corrected chi connectivity index (χ4v) is 4.80. The number of imidazole rings is 1. The molecule has 168 valence electrons. The number of benzene rings is 2. The van der Waals surface area contributed by atoms with E-state index in [0.717, 1.165) is 44.6 Å². The Hall–Kier alpha value is -2.93. The summed E-state index contributed by atoms with van der Waals surface area (Å²) >= 11 is 0. The molecule has 1 amide bonds. The summed E-state index contributed by atoms with van der Waals surface area (Å²) < 4.78 is 19.6. The number of nitrogens with zero attached hydrogens (tertiary/aromatic N) is 2. The number of nitrogens with one attached hydrogen (secondary N) is 2. The van der Waals surface area contributed by atoms with Crippen LogP contribution in [0.5, 0.6) is 5.75 Å². The number of piperidine rings is 1. The summed E-state index contributed by atoms with van der Waals surface area (Å²) in [6.07, 6.45) is 3.03. The topological polar surface area (TPSA) is 70.2 Å². The van der Waals surface area contributed by atoms with Gasteiger partial charge in [0.05, 0.1) is 11.0 Å². The number of hydrogen-bond donors (Lipinski definition) is 2. The molecule has 6 nitrogen and oxygen atoms in total. The van der Waals surface area contributed by atoms with Crippen molar-refractivity contribution in [2.24, 2.45) is 5.92 Å². The Labute approximate surface area is 187 Å². The van der Waals surface area contributed by atoms with Crippen LogP contribution in [0, 0.1) is 11.7 Å². The SMILES string of the molecule is CC1(C)Cc2cccc(CN3CCC(CNC(=O)c4nc5ccc(F)cc5[nH]4)CC3)c2O1. The number of para-hydroxylation sites is 1. The molecular weight excluding hydrogens is 407 g/mol. The molecule has 2 aliphatic heterocycles. The van der Waals surface area contributed by atoms with Gasteiger partial charge in [0.15, 0.2) is 5.82 Å². The number of carbonyl (C=O) groups excluding carboxylic acids is 1. The van der Waals surface area contributed by atoms with Crippen molar-refractivity contribution in [1.29, 1.82) is 0 Å².